The Labute approximate surface area is 156 Å². The van der Waals surface area contributed by atoms with E-state index in [4.69, 9.17) is 9.47 Å². The molecular weight excluding hydrogens is 356 g/mol. The van der Waals surface area contributed by atoms with Crippen LogP contribution in [0.15, 0.2) is 18.7 Å². The van der Waals surface area contributed by atoms with Gasteiger partial charge in [0.2, 0.25) is 0 Å². The van der Waals surface area contributed by atoms with Crippen LogP contribution < -0.4 is 4.74 Å². The molecule has 2 N–H and O–H groups in total. The van der Waals surface area contributed by atoms with Crippen LogP contribution in [0.1, 0.15) is 69.2 Å². The van der Waals surface area contributed by atoms with Crippen molar-refractivity contribution in [1.29, 1.82) is 0 Å². The summed E-state index contributed by atoms with van der Waals surface area (Å²) in [6.45, 7) is 6.67. The first kappa shape index (κ1) is 21.9. The van der Waals surface area contributed by atoms with Crippen LogP contribution in [0.2, 0.25) is 0 Å². The van der Waals surface area contributed by atoms with Crippen molar-refractivity contribution in [1.82, 2.24) is 0 Å². The number of carboxylic acids is 2. The van der Waals surface area contributed by atoms with Crippen LogP contribution in [0.3, 0.4) is 0 Å². The molecule has 8 nitrogen and oxygen atoms in total. The number of rotatable bonds is 10. The molecule has 0 heterocycles. The van der Waals surface area contributed by atoms with Gasteiger partial charge in [0, 0.05) is 11.6 Å². The second kappa shape index (κ2) is 10.1. The lowest BCUT2D eigenvalue weighted by atomic mass is 9.95. The number of hydrogen-bond donors (Lipinski definition) is 2. The molecule has 1 rings (SSSR count). The van der Waals surface area contributed by atoms with Gasteiger partial charge in [0.25, 0.3) is 0 Å². The molecule has 0 radical (unpaired) electrons. The van der Waals surface area contributed by atoms with Gasteiger partial charge in [-0.25, -0.2) is 19.2 Å². The predicted octanol–water partition coefficient (Wildman–Crippen LogP) is 3.22. The van der Waals surface area contributed by atoms with Crippen molar-refractivity contribution in [3.63, 3.8) is 0 Å². The Morgan fingerprint density at radius 1 is 1.07 bits per heavy atom. The smallest absolute Gasteiger partial charge is 0.339 e. The van der Waals surface area contributed by atoms with E-state index >= 15 is 0 Å². The van der Waals surface area contributed by atoms with Gasteiger partial charge in [-0.15, -0.1) is 0 Å². The average molecular weight is 378 g/mol. The summed E-state index contributed by atoms with van der Waals surface area (Å²) in [6.07, 6.45) is 4.25. The average Bonchev–Trinajstić information content (AvgIpc) is 2.61. The molecule has 146 valence electrons. The van der Waals surface area contributed by atoms with Gasteiger partial charge >= 0.3 is 23.9 Å². The van der Waals surface area contributed by atoms with Crippen LogP contribution in [0.4, 0.5) is 0 Å². The second-order valence-electron chi connectivity index (χ2n) is 5.73. The first-order chi connectivity index (χ1) is 12.7. The molecule has 0 amide bonds. The van der Waals surface area contributed by atoms with Gasteiger partial charge in [0.15, 0.2) is 0 Å². The Bertz CT molecular complexity index is 763. The van der Waals surface area contributed by atoms with Crippen molar-refractivity contribution in [2.75, 3.05) is 6.61 Å². The van der Waals surface area contributed by atoms with E-state index in [1.165, 1.54) is 6.92 Å². The molecule has 0 unspecified atom stereocenters. The third-order valence-corrected chi connectivity index (χ3v) is 3.80. The summed E-state index contributed by atoms with van der Waals surface area (Å²) < 4.78 is 10.1. The lowest BCUT2D eigenvalue weighted by Gasteiger charge is -2.15. The van der Waals surface area contributed by atoms with Crippen molar-refractivity contribution in [3.8, 4) is 5.75 Å². The van der Waals surface area contributed by atoms with Crippen molar-refractivity contribution >= 4 is 23.9 Å². The summed E-state index contributed by atoms with van der Waals surface area (Å²) in [4.78, 5) is 47.0. The second-order valence-corrected chi connectivity index (χ2v) is 5.73. The molecule has 0 atom stereocenters. The van der Waals surface area contributed by atoms with E-state index in [0.29, 0.717) is 6.42 Å². The van der Waals surface area contributed by atoms with E-state index < -0.39 is 40.6 Å². The SMILES string of the molecule is C=CC(=O)Oc1cc(C(=O)O)c(C(=O)O)c(C(=O)OCCCCCC)c1C. The first-order valence-electron chi connectivity index (χ1n) is 8.40. The van der Waals surface area contributed by atoms with Crippen LogP contribution in [0.5, 0.6) is 5.75 Å². The molecular formula is C19H22O8. The van der Waals surface area contributed by atoms with Gasteiger partial charge in [-0.1, -0.05) is 32.8 Å². The summed E-state index contributed by atoms with van der Waals surface area (Å²) in [5.74, 6) is -5.30. The maximum Gasteiger partial charge on any atom is 0.339 e. The van der Waals surface area contributed by atoms with Crippen molar-refractivity contribution in [2.24, 2.45) is 0 Å². The van der Waals surface area contributed by atoms with Gasteiger partial charge in [-0.2, -0.15) is 0 Å². The number of ether oxygens (including phenoxy) is 2. The summed E-state index contributed by atoms with van der Waals surface area (Å²) in [5.41, 5.74) is -1.86. The van der Waals surface area contributed by atoms with Gasteiger partial charge in [-0.3, -0.25) is 0 Å². The molecule has 0 aromatic heterocycles. The molecule has 0 saturated heterocycles. The third-order valence-electron chi connectivity index (χ3n) is 3.80. The Morgan fingerprint density at radius 2 is 1.74 bits per heavy atom. The number of benzene rings is 1. The Morgan fingerprint density at radius 3 is 2.26 bits per heavy atom. The molecule has 0 aliphatic carbocycles. The molecule has 0 bridgehead atoms. The minimum atomic E-state index is -1.60. The summed E-state index contributed by atoms with van der Waals surface area (Å²) in [5, 5.41) is 18.8. The van der Waals surface area contributed by atoms with Crippen molar-refractivity contribution < 1.29 is 38.9 Å². The molecule has 0 aliphatic heterocycles. The number of unbranched alkanes of at least 4 members (excludes halogenated alkanes) is 3. The molecule has 0 spiro atoms. The van der Waals surface area contributed by atoms with Crippen molar-refractivity contribution in [3.05, 3.63) is 41.0 Å². The normalized spacial score (nSPS) is 10.1. The molecule has 0 aliphatic rings. The summed E-state index contributed by atoms with van der Waals surface area (Å²) in [6, 6.07) is 0.889. The van der Waals surface area contributed by atoms with E-state index in [1.807, 2.05) is 6.92 Å². The van der Waals surface area contributed by atoms with Gasteiger partial charge < -0.3 is 19.7 Å². The van der Waals surface area contributed by atoms with Gasteiger partial charge in [0.1, 0.15) is 5.75 Å². The van der Waals surface area contributed by atoms with Gasteiger partial charge in [0.05, 0.1) is 23.3 Å². The first-order valence-corrected chi connectivity index (χ1v) is 8.40. The third kappa shape index (κ3) is 5.67. The highest BCUT2D eigenvalue weighted by Crippen LogP contribution is 2.30. The largest absolute Gasteiger partial charge is 0.478 e. The van der Waals surface area contributed by atoms with Crippen LogP contribution in [0.25, 0.3) is 0 Å². The van der Waals surface area contributed by atoms with E-state index in [0.717, 1.165) is 31.4 Å². The molecule has 27 heavy (non-hydrogen) atoms. The predicted molar refractivity (Wildman–Crippen MR) is 95.4 cm³/mol. The monoisotopic (exact) mass is 378 g/mol. The number of carbonyl (C=O) groups is 4. The highest BCUT2D eigenvalue weighted by molar-refractivity contribution is 6.11. The lowest BCUT2D eigenvalue weighted by molar-refractivity contribution is -0.129. The van der Waals surface area contributed by atoms with Crippen molar-refractivity contribution in [2.45, 2.75) is 39.5 Å². The Balaban J connectivity index is 3.37. The number of hydrogen-bond acceptors (Lipinski definition) is 6. The van der Waals surface area contributed by atoms with E-state index in [2.05, 4.69) is 6.58 Å². The van der Waals surface area contributed by atoms with Crippen LogP contribution in [-0.4, -0.2) is 40.7 Å². The zero-order chi connectivity index (χ0) is 20.6. The zero-order valence-corrected chi connectivity index (χ0v) is 15.2. The van der Waals surface area contributed by atoms with E-state index in [1.54, 1.807) is 0 Å². The molecule has 0 saturated carbocycles. The van der Waals surface area contributed by atoms with E-state index in [-0.39, 0.29) is 17.9 Å². The van der Waals surface area contributed by atoms with Crippen LogP contribution in [-0.2, 0) is 9.53 Å². The number of esters is 2. The maximum atomic E-state index is 12.5. The molecule has 1 aromatic carbocycles. The Hall–Kier alpha value is -3.16. The zero-order valence-electron chi connectivity index (χ0n) is 15.2. The fourth-order valence-corrected chi connectivity index (χ4v) is 2.42. The minimum Gasteiger partial charge on any atom is -0.478 e. The topological polar surface area (TPSA) is 127 Å². The fraction of sp³-hybridized carbons (Fsp3) is 0.368. The van der Waals surface area contributed by atoms with Gasteiger partial charge in [-0.05, 0) is 19.4 Å². The van der Waals surface area contributed by atoms with Crippen LogP contribution in [0, 0.1) is 6.92 Å². The minimum absolute atomic E-state index is 0.00819. The summed E-state index contributed by atoms with van der Waals surface area (Å²) >= 11 is 0. The molecule has 0 fully saturated rings. The standard InChI is InChI=1S/C19H22O8/c1-4-6-7-8-9-26-19(25)15-11(3)13(27-14(20)5-2)10-12(17(21)22)16(15)18(23)24/h5,10H,2,4,6-9H2,1,3H3,(H,21,22)(H,23,24). The molecule has 1 aromatic rings. The lowest BCUT2D eigenvalue weighted by Crippen LogP contribution is -2.20. The quantitative estimate of drug-likeness (QED) is 0.275. The number of carbonyl (C=O) groups excluding carboxylic acids is 2. The Kier molecular flexibility index (Phi) is 8.19. The van der Waals surface area contributed by atoms with Crippen LogP contribution >= 0.6 is 0 Å². The number of aromatic carboxylic acids is 2. The maximum absolute atomic E-state index is 12.5. The highest BCUT2D eigenvalue weighted by atomic mass is 16.5. The molecule has 8 heteroatoms. The fourth-order valence-electron chi connectivity index (χ4n) is 2.42. The number of carboxylic acid groups (broad SMARTS) is 2. The highest BCUT2D eigenvalue weighted by Gasteiger charge is 2.30. The summed E-state index contributed by atoms with van der Waals surface area (Å²) in [7, 11) is 0. The van der Waals surface area contributed by atoms with E-state index in [9.17, 15) is 29.4 Å².